The number of likely N-dealkylation sites (N-methyl/N-ethyl adjacent to an activating group) is 1. The van der Waals surface area contributed by atoms with Crippen molar-refractivity contribution in [3.8, 4) is 0 Å². The van der Waals surface area contributed by atoms with Gasteiger partial charge in [-0.25, -0.2) is 4.57 Å². The van der Waals surface area contributed by atoms with Crippen LogP contribution < -0.4 is 5.32 Å². The molecule has 0 saturated heterocycles. The van der Waals surface area contributed by atoms with Gasteiger partial charge in [-0.15, -0.1) is 0 Å². The summed E-state index contributed by atoms with van der Waals surface area (Å²) in [5.41, 5.74) is 0. The number of aliphatic hydroxyl groups is 1. The molecule has 0 fully saturated rings. The lowest BCUT2D eigenvalue weighted by molar-refractivity contribution is -0.870. The minimum absolute atomic E-state index is 0.0577. The molecular formula is C76H136N2O6P+. The molecule has 0 saturated carbocycles. The molecule has 0 bridgehead atoms. The monoisotopic (exact) mass is 1200 g/mol. The van der Waals surface area contributed by atoms with Crippen LogP contribution in [-0.4, -0.2) is 73.4 Å². The number of hydrogen-bond acceptors (Lipinski definition) is 5. The first-order chi connectivity index (χ1) is 41.5. The number of nitrogens with one attached hydrogen (secondary N) is 1. The zero-order valence-electron chi connectivity index (χ0n) is 56.1. The SMILES string of the molecule is CC/C=C\C/C=C\C/C=C\C/C=C\C/C=C\C/C=C\C/C=C\C/C=C\C/C=C\CCCCCCCCCCCCCCCC(=O)NC(COP(=O)(O)OCC[N+](C)(C)C)C(O)/C=C/CCCCCCCCCCCCCCCCCCCCCC. The molecule has 1 amide bonds. The van der Waals surface area contributed by atoms with Crippen LogP contribution in [0.5, 0.6) is 0 Å². The van der Waals surface area contributed by atoms with E-state index in [0.717, 1.165) is 96.3 Å². The van der Waals surface area contributed by atoms with Gasteiger partial charge in [-0.2, -0.15) is 0 Å². The summed E-state index contributed by atoms with van der Waals surface area (Å²) in [6.45, 7) is 4.72. The largest absolute Gasteiger partial charge is 0.472 e. The molecule has 0 aromatic heterocycles. The molecule has 0 aliphatic heterocycles. The second kappa shape index (κ2) is 65.3. The molecule has 3 atom stereocenters. The number of aliphatic hydroxyl groups excluding tert-OH is 1. The predicted molar refractivity (Wildman–Crippen MR) is 373 cm³/mol. The molecule has 490 valence electrons. The number of phosphoric acid groups is 1. The minimum Gasteiger partial charge on any atom is -0.387 e. The lowest BCUT2D eigenvalue weighted by Gasteiger charge is -2.25. The van der Waals surface area contributed by atoms with E-state index >= 15 is 0 Å². The number of phosphoric ester groups is 1. The average molecular weight is 1200 g/mol. The fraction of sp³-hybridized carbons (Fsp3) is 0.724. The van der Waals surface area contributed by atoms with E-state index in [9.17, 15) is 19.4 Å². The van der Waals surface area contributed by atoms with Crippen LogP contribution in [0.1, 0.15) is 303 Å². The standard InChI is InChI=1S/C76H135N2O6P/c1-6-8-10-12-14-16-18-20-22-24-26-28-30-31-32-33-34-35-36-37-38-39-40-41-42-43-44-45-46-47-48-50-52-54-56-58-60-62-64-66-68-70-76(80)77-74(73-84-85(81,82)83-72-71-78(3,4)5)75(79)69-67-65-63-61-59-57-55-53-51-49-29-27-25-23-21-19-17-15-13-11-9-7-2/h8,10,14,16,20,22,26,28,31-32,34-35,37-38,40-41,43-44,67,69,74-75,79H,6-7,9,11-13,15,17-19,21,23-25,27,29-30,33,36,39,42,45-66,68,70-73H2,1-5H3,(H-,77,80,81,82)/p+1/b10-8-,16-14-,22-20-,28-26-,32-31-,35-34-,38-37-,41-40-,44-43-,69-67+. The summed E-state index contributed by atoms with van der Waals surface area (Å²) < 4.78 is 23.8. The Morgan fingerprint density at radius 3 is 1.04 bits per heavy atom. The number of carbonyl (C=O) groups excluding carboxylic acids is 1. The van der Waals surface area contributed by atoms with E-state index in [1.807, 2.05) is 27.2 Å². The highest BCUT2D eigenvalue weighted by atomic mass is 31.2. The summed E-state index contributed by atoms with van der Waals surface area (Å²) in [5, 5.41) is 14.0. The maximum atomic E-state index is 13.1. The van der Waals surface area contributed by atoms with Crippen molar-refractivity contribution in [1.29, 1.82) is 0 Å². The van der Waals surface area contributed by atoms with Crippen LogP contribution in [0.3, 0.4) is 0 Å². The van der Waals surface area contributed by atoms with Gasteiger partial charge in [0.05, 0.1) is 39.9 Å². The van der Waals surface area contributed by atoms with Gasteiger partial charge in [-0.1, -0.05) is 328 Å². The number of nitrogens with zero attached hydrogens (tertiary/aromatic N) is 1. The molecule has 0 aliphatic carbocycles. The van der Waals surface area contributed by atoms with Gasteiger partial charge >= 0.3 is 7.82 Å². The summed E-state index contributed by atoms with van der Waals surface area (Å²) in [6.07, 6.45) is 97.6. The Balaban J connectivity index is 4.07. The van der Waals surface area contributed by atoms with Crippen molar-refractivity contribution in [2.75, 3.05) is 40.9 Å². The molecule has 0 rings (SSSR count). The van der Waals surface area contributed by atoms with Crippen molar-refractivity contribution < 1.29 is 32.9 Å². The van der Waals surface area contributed by atoms with Crippen LogP contribution >= 0.6 is 7.82 Å². The van der Waals surface area contributed by atoms with E-state index in [1.165, 1.54) is 186 Å². The van der Waals surface area contributed by atoms with Crippen LogP contribution in [0.4, 0.5) is 0 Å². The molecule has 8 nitrogen and oxygen atoms in total. The maximum Gasteiger partial charge on any atom is 0.472 e. The zero-order valence-corrected chi connectivity index (χ0v) is 57.0. The third-order valence-electron chi connectivity index (χ3n) is 15.4. The summed E-state index contributed by atoms with van der Waals surface area (Å²) in [6, 6.07) is -0.855. The molecule has 3 N–H and O–H groups in total. The van der Waals surface area contributed by atoms with Crippen molar-refractivity contribution in [1.82, 2.24) is 5.32 Å². The quantitative estimate of drug-likeness (QED) is 0.0243. The van der Waals surface area contributed by atoms with Gasteiger partial charge in [-0.3, -0.25) is 13.8 Å². The molecule has 0 spiro atoms. The van der Waals surface area contributed by atoms with Crippen molar-refractivity contribution in [3.05, 3.63) is 122 Å². The van der Waals surface area contributed by atoms with E-state index in [2.05, 4.69) is 129 Å². The maximum absolute atomic E-state index is 13.1. The second-order valence-electron chi connectivity index (χ2n) is 24.9. The highest BCUT2D eigenvalue weighted by Gasteiger charge is 2.28. The molecule has 3 unspecified atom stereocenters. The Labute approximate surface area is 526 Å². The van der Waals surface area contributed by atoms with E-state index < -0.39 is 20.0 Å². The average Bonchev–Trinajstić information content (AvgIpc) is 3.48. The van der Waals surface area contributed by atoms with Crippen LogP contribution in [0.15, 0.2) is 122 Å². The summed E-state index contributed by atoms with van der Waals surface area (Å²) in [5.74, 6) is -0.179. The van der Waals surface area contributed by atoms with Crippen LogP contribution in [0, 0.1) is 0 Å². The van der Waals surface area contributed by atoms with Crippen molar-refractivity contribution in [3.63, 3.8) is 0 Å². The number of rotatable bonds is 64. The highest BCUT2D eigenvalue weighted by Crippen LogP contribution is 2.43. The summed E-state index contributed by atoms with van der Waals surface area (Å²) >= 11 is 0. The number of quaternary nitrogens is 1. The predicted octanol–water partition coefficient (Wildman–Crippen LogP) is 22.8. The first-order valence-corrected chi connectivity index (χ1v) is 36.9. The molecule has 85 heavy (non-hydrogen) atoms. The van der Waals surface area contributed by atoms with Gasteiger partial charge in [0.2, 0.25) is 5.91 Å². The first-order valence-electron chi connectivity index (χ1n) is 35.4. The highest BCUT2D eigenvalue weighted by molar-refractivity contribution is 7.47. The molecule has 0 aliphatic rings. The molecular weight excluding hydrogens is 1070 g/mol. The van der Waals surface area contributed by atoms with Gasteiger partial charge in [0.15, 0.2) is 0 Å². The van der Waals surface area contributed by atoms with E-state index in [0.29, 0.717) is 17.4 Å². The number of hydrogen-bond donors (Lipinski definition) is 3. The Bertz CT molecular complexity index is 1800. The van der Waals surface area contributed by atoms with Gasteiger partial charge < -0.3 is 19.8 Å². The second-order valence-corrected chi connectivity index (χ2v) is 26.3. The van der Waals surface area contributed by atoms with Gasteiger partial charge in [0, 0.05) is 6.42 Å². The minimum atomic E-state index is -4.36. The fourth-order valence-electron chi connectivity index (χ4n) is 9.98. The number of unbranched alkanes of at least 4 members (excludes halogenated alkanes) is 33. The molecule has 0 aromatic rings. The fourth-order valence-corrected chi connectivity index (χ4v) is 10.7. The topological polar surface area (TPSA) is 105 Å². The third kappa shape index (κ3) is 68.3. The van der Waals surface area contributed by atoms with Gasteiger partial charge in [0.25, 0.3) is 0 Å². The van der Waals surface area contributed by atoms with E-state index in [1.54, 1.807) is 6.08 Å². The van der Waals surface area contributed by atoms with Crippen molar-refractivity contribution >= 4 is 13.7 Å². The van der Waals surface area contributed by atoms with E-state index in [-0.39, 0.29) is 19.1 Å². The van der Waals surface area contributed by atoms with Gasteiger partial charge in [-0.05, 0) is 89.9 Å². The Kier molecular flexibility index (Phi) is 63.0. The molecule has 0 heterocycles. The Hall–Kier alpha value is -3.10. The smallest absolute Gasteiger partial charge is 0.387 e. The van der Waals surface area contributed by atoms with Crippen molar-refractivity contribution in [2.24, 2.45) is 0 Å². The number of allylic oxidation sites excluding steroid dienone is 19. The third-order valence-corrected chi connectivity index (χ3v) is 16.4. The van der Waals surface area contributed by atoms with Crippen molar-refractivity contribution in [2.45, 2.75) is 315 Å². The van der Waals surface area contributed by atoms with Crippen LogP contribution in [-0.2, 0) is 18.4 Å². The number of carbonyl (C=O) groups is 1. The Morgan fingerprint density at radius 2 is 0.706 bits per heavy atom. The Morgan fingerprint density at radius 1 is 0.412 bits per heavy atom. The van der Waals surface area contributed by atoms with Crippen LogP contribution in [0.25, 0.3) is 0 Å². The molecule has 9 heteroatoms. The zero-order chi connectivity index (χ0) is 61.9. The first kappa shape index (κ1) is 81.9. The molecule has 0 radical (unpaired) electrons. The summed E-state index contributed by atoms with van der Waals surface area (Å²) in [4.78, 5) is 23.4. The summed E-state index contributed by atoms with van der Waals surface area (Å²) in [7, 11) is 1.57. The van der Waals surface area contributed by atoms with Gasteiger partial charge in [0.1, 0.15) is 13.2 Å². The lowest BCUT2D eigenvalue weighted by Crippen LogP contribution is -2.45. The normalized spacial score (nSPS) is 14.4. The van der Waals surface area contributed by atoms with Crippen LogP contribution in [0.2, 0.25) is 0 Å². The molecule has 0 aromatic carbocycles. The lowest BCUT2D eigenvalue weighted by atomic mass is 10.0. The van der Waals surface area contributed by atoms with E-state index in [4.69, 9.17) is 9.05 Å². The number of amides is 1.